The van der Waals surface area contributed by atoms with Crippen LogP contribution < -0.4 is 10.2 Å². The lowest BCUT2D eigenvalue weighted by molar-refractivity contribution is 0.357. The van der Waals surface area contributed by atoms with Crippen LogP contribution in [0.4, 0.5) is 5.69 Å². The molecule has 0 saturated carbocycles. The number of anilines is 1. The Balaban J connectivity index is 2.01. The first-order chi connectivity index (χ1) is 9.19. The second-order valence-corrected chi connectivity index (χ2v) is 6.03. The van der Waals surface area contributed by atoms with Crippen LogP contribution in [0.5, 0.6) is 0 Å². The first kappa shape index (κ1) is 14.3. The van der Waals surface area contributed by atoms with Crippen molar-refractivity contribution in [2.24, 2.45) is 11.8 Å². The highest BCUT2D eigenvalue weighted by Crippen LogP contribution is 2.26. The third kappa shape index (κ3) is 4.20. The molecule has 1 fully saturated rings. The zero-order valence-corrected chi connectivity index (χ0v) is 12.5. The number of aromatic nitrogens is 1. The lowest BCUT2D eigenvalue weighted by Gasteiger charge is -2.36. The number of piperidine rings is 1. The fraction of sp³-hybridized carbons (Fsp3) is 0.688. The summed E-state index contributed by atoms with van der Waals surface area (Å²) in [5.74, 6) is 1.58. The van der Waals surface area contributed by atoms with Gasteiger partial charge < -0.3 is 10.2 Å². The van der Waals surface area contributed by atoms with Gasteiger partial charge in [-0.15, -0.1) is 0 Å². The van der Waals surface area contributed by atoms with Crippen LogP contribution in [0.15, 0.2) is 18.3 Å². The number of hydrogen-bond donors (Lipinski definition) is 1. The van der Waals surface area contributed by atoms with Gasteiger partial charge in [0.1, 0.15) is 0 Å². The van der Waals surface area contributed by atoms with Crippen LogP contribution in [0.2, 0.25) is 0 Å². The van der Waals surface area contributed by atoms with Crippen LogP contribution in [0, 0.1) is 11.8 Å². The van der Waals surface area contributed by atoms with Gasteiger partial charge in [-0.3, -0.25) is 4.98 Å². The van der Waals surface area contributed by atoms with Crippen molar-refractivity contribution < 1.29 is 0 Å². The normalized spacial score (nSPS) is 23.6. The molecule has 0 spiro atoms. The average Bonchev–Trinajstić information content (AvgIpc) is 2.38. The summed E-state index contributed by atoms with van der Waals surface area (Å²) in [7, 11) is 0. The predicted molar refractivity (Wildman–Crippen MR) is 81.4 cm³/mol. The lowest BCUT2D eigenvalue weighted by Crippen LogP contribution is -2.38. The van der Waals surface area contributed by atoms with E-state index in [-0.39, 0.29) is 0 Å². The summed E-state index contributed by atoms with van der Waals surface area (Å²) in [6.07, 6.45) is 4.47. The van der Waals surface area contributed by atoms with Crippen molar-refractivity contribution in [1.82, 2.24) is 10.3 Å². The van der Waals surface area contributed by atoms with E-state index in [0.717, 1.165) is 30.6 Å². The van der Waals surface area contributed by atoms with Crippen molar-refractivity contribution in [3.63, 3.8) is 0 Å². The van der Waals surface area contributed by atoms with Crippen LogP contribution in [-0.4, -0.2) is 24.6 Å². The Morgan fingerprint density at radius 1 is 1.32 bits per heavy atom. The van der Waals surface area contributed by atoms with Gasteiger partial charge >= 0.3 is 0 Å². The van der Waals surface area contributed by atoms with E-state index in [4.69, 9.17) is 0 Å². The summed E-state index contributed by atoms with van der Waals surface area (Å²) < 4.78 is 0. The molecule has 1 aromatic rings. The largest absolute Gasteiger partial charge is 0.371 e. The van der Waals surface area contributed by atoms with Crippen LogP contribution in [0.3, 0.4) is 0 Å². The highest BCUT2D eigenvalue weighted by molar-refractivity contribution is 5.47. The molecule has 0 amide bonds. The lowest BCUT2D eigenvalue weighted by atomic mass is 9.91. The molecule has 1 aromatic heterocycles. The molecule has 2 atom stereocenters. The molecule has 0 aromatic carbocycles. The first-order valence-corrected chi connectivity index (χ1v) is 7.59. The zero-order valence-electron chi connectivity index (χ0n) is 12.5. The molecule has 0 bridgehead atoms. The molecular formula is C16H27N3. The van der Waals surface area contributed by atoms with E-state index >= 15 is 0 Å². The highest BCUT2D eigenvalue weighted by atomic mass is 15.1. The number of pyridine rings is 1. The highest BCUT2D eigenvalue weighted by Gasteiger charge is 2.22. The monoisotopic (exact) mass is 261 g/mol. The SMILES string of the molecule is CCCNCc1cc(N2CC(C)CC(C)C2)ccn1. The maximum absolute atomic E-state index is 4.45. The fourth-order valence-corrected chi connectivity index (χ4v) is 3.03. The van der Waals surface area contributed by atoms with E-state index in [1.807, 2.05) is 6.20 Å². The average molecular weight is 261 g/mol. The standard InChI is InChI=1S/C16H27N3/c1-4-6-17-10-15-9-16(5-7-18-15)19-11-13(2)8-14(3)12-19/h5,7,9,13-14,17H,4,6,8,10-12H2,1-3H3. The molecule has 1 aliphatic rings. The molecule has 1 N–H and O–H groups in total. The van der Waals surface area contributed by atoms with Crippen molar-refractivity contribution in [2.75, 3.05) is 24.5 Å². The molecule has 1 saturated heterocycles. The summed E-state index contributed by atoms with van der Waals surface area (Å²) in [5.41, 5.74) is 2.48. The summed E-state index contributed by atoms with van der Waals surface area (Å²) in [6, 6.07) is 4.39. The molecule has 1 aliphatic heterocycles. The number of hydrogen-bond acceptors (Lipinski definition) is 3. The molecule has 3 heteroatoms. The molecule has 2 heterocycles. The van der Waals surface area contributed by atoms with Crippen molar-refractivity contribution in [3.05, 3.63) is 24.0 Å². The van der Waals surface area contributed by atoms with Gasteiger partial charge in [0.2, 0.25) is 0 Å². The minimum atomic E-state index is 0.790. The Bertz CT molecular complexity index is 381. The second-order valence-electron chi connectivity index (χ2n) is 6.03. The first-order valence-electron chi connectivity index (χ1n) is 7.59. The number of nitrogens with zero attached hydrogens (tertiary/aromatic N) is 2. The van der Waals surface area contributed by atoms with Crippen LogP contribution in [-0.2, 0) is 6.54 Å². The maximum atomic E-state index is 4.45. The number of rotatable bonds is 5. The van der Waals surface area contributed by atoms with Crippen LogP contribution in [0.1, 0.15) is 39.3 Å². The summed E-state index contributed by atoms with van der Waals surface area (Å²) in [5, 5.41) is 3.42. The van der Waals surface area contributed by atoms with Gasteiger partial charge in [0.05, 0.1) is 5.69 Å². The predicted octanol–water partition coefficient (Wildman–Crippen LogP) is 3.06. The van der Waals surface area contributed by atoms with Gasteiger partial charge in [-0.05, 0) is 43.4 Å². The van der Waals surface area contributed by atoms with Gasteiger partial charge in [0.15, 0.2) is 0 Å². The third-order valence-electron chi connectivity index (χ3n) is 3.77. The van der Waals surface area contributed by atoms with Gasteiger partial charge in [-0.25, -0.2) is 0 Å². The molecular weight excluding hydrogens is 234 g/mol. The van der Waals surface area contributed by atoms with E-state index in [2.05, 4.69) is 48.1 Å². The smallest absolute Gasteiger partial charge is 0.0562 e. The van der Waals surface area contributed by atoms with Crippen molar-refractivity contribution >= 4 is 5.69 Å². The molecule has 0 radical (unpaired) electrons. The van der Waals surface area contributed by atoms with Crippen LogP contribution in [0.25, 0.3) is 0 Å². The third-order valence-corrected chi connectivity index (χ3v) is 3.77. The Kier molecular flexibility index (Phi) is 5.20. The van der Waals surface area contributed by atoms with E-state index in [9.17, 15) is 0 Å². The van der Waals surface area contributed by atoms with E-state index in [1.165, 1.54) is 31.6 Å². The van der Waals surface area contributed by atoms with Crippen LogP contribution >= 0.6 is 0 Å². The van der Waals surface area contributed by atoms with Crippen molar-refractivity contribution in [2.45, 2.75) is 40.2 Å². The molecule has 2 rings (SSSR count). The molecule has 2 unspecified atom stereocenters. The summed E-state index contributed by atoms with van der Waals surface area (Å²) >= 11 is 0. The quantitative estimate of drug-likeness (QED) is 0.826. The maximum Gasteiger partial charge on any atom is 0.0562 e. The second kappa shape index (κ2) is 6.90. The minimum Gasteiger partial charge on any atom is -0.371 e. The molecule has 19 heavy (non-hydrogen) atoms. The topological polar surface area (TPSA) is 28.2 Å². The Hall–Kier alpha value is -1.09. The fourth-order valence-electron chi connectivity index (χ4n) is 3.03. The molecule has 0 aliphatic carbocycles. The molecule has 106 valence electrons. The summed E-state index contributed by atoms with van der Waals surface area (Å²) in [4.78, 5) is 6.97. The van der Waals surface area contributed by atoms with Gasteiger partial charge in [0, 0.05) is 31.5 Å². The zero-order chi connectivity index (χ0) is 13.7. The van der Waals surface area contributed by atoms with E-state index in [0.29, 0.717) is 0 Å². The molecule has 3 nitrogen and oxygen atoms in total. The van der Waals surface area contributed by atoms with E-state index < -0.39 is 0 Å². The minimum absolute atomic E-state index is 0.790. The van der Waals surface area contributed by atoms with Gasteiger partial charge in [-0.1, -0.05) is 20.8 Å². The van der Waals surface area contributed by atoms with Gasteiger partial charge in [0.25, 0.3) is 0 Å². The van der Waals surface area contributed by atoms with Gasteiger partial charge in [-0.2, -0.15) is 0 Å². The Morgan fingerprint density at radius 2 is 2.05 bits per heavy atom. The number of nitrogens with one attached hydrogen (secondary N) is 1. The summed E-state index contributed by atoms with van der Waals surface area (Å²) in [6.45, 7) is 11.2. The Morgan fingerprint density at radius 3 is 2.74 bits per heavy atom. The van der Waals surface area contributed by atoms with Crippen molar-refractivity contribution in [3.8, 4) is 0 Å². The Labute approximate surface area is 117 Å². The van der Waals surface area contributed by atoms with E-state index in [1.54, 1.807) is 0 Å². The van der Waals surface area contributed by atoms with Crippen molar-refractivity contribution in [1.29, 1.82) is 0 Å².